The van der Waals surface area contributed by atoms with Crippen LogP contribution in [-0.4, -0.2) is 33.7 Å². The lowest BCUT2D eigenvalue weighted by molar-refractivity contribution is -0.143. The standard InChI is InChI=1S/C21H19NO6/c1-2-28-17(23)11-15(12-7-9-13(10-8-12)21(26)27)18-19(24)14-5-3-4-6-16(14)22-20(18)25/h3-10,15H,2,11H2,1H3,(H,26,27)(H2,22,24,25). The molecule has 0 aliphatic rings. The SMILES string of the molecule is CCOC(=O)CC(c1ccc(C(=O)O)cc1)c1c(O)c2ccccc2[nH]c1=O. The van der Waals surface area contributed by atoms with E-state index in [9.17, 15) is 19.5 Å². The van der Waals surface area contributed by atoms with Gasteiger partial charge in [0.1, 0.15) is 5.75 Å². The first-order valence-electron chi connectivity index (χ1n) is 8.75. The van der Waals surface area contributed by atoms with Crippen molar-refractivity contribution in [1.29, 1.82) is 0 Å². The molecule has 1 aromatic heterocycles. The predicted molar refractivity (Wildman–Crippen MR) is 103 cm³/mol. The van der Waals surface area contributed by atoms with E-state index in [0.29, 0.717) is 16.5 Å². The Morgan fingerprint density at radius 2 is 1.79 bits per heavy atom. The second-order valence-electron chi connectivity index (χ2n) is 6.25. The number of hydrogen-bond acceptors (Lipinski definition) is 5. The predicted octanol–water partition coefficient (Wildman–Crippen LogP) is 3.02. The van der Waals surface area contributed by atoms with Gasteiger partial charge >= 0.3 is 11.9 Å². The second kappa shape index (κ2) is 7.96. The Morgan fingerprint density at radius 1 is 1.11 bits per heavy atom. The van der Waals surface area contributed by atoms with Gasteiger partial charge in [0.2, 0.25) is 0 Å². The average Bonchev–Trinajstić information content (AvgIpc) is 2.67. The maximum atomic E-state index is 12.7. The normalized spacial score (nSPS) is 11.9. The summed E-state index contributed by atoms with van der Waals surface area (Å²) in [7, 11) is 0. The van der Waals surface area contributed by atoms with Gasteiger partial charge in [-0.05, 0) is 36.8 Å². The molecule has 0 amide bonds. The molecule has 28 heavy (non-hydrogen) atoms. The van der Waals surface area contributed by atoms with Crippen molar-refractivity contribution in [3.63, 3.8) is 0 Å². The fraction of sp³-hybridized carbons (Fsp3) is 0.190. The molecule has 0 radical (unpaired) electrons. The number of hydrogen-bond donors (Lipinski definition) is 3. The van der Waals surface area contributed by atoms with Crippen molar-refractivity contribution in [3.8, 4) is 5.75 Å². The van der Waals surface area contributed by atoms with Crippen LogP contribution in [-0.2, 0) is 9.53 Å². The molecule has 1 heterocycles. The molecule has 7 heteroatoms. The van der Waals surface area contributed by atoms with Crippen LogP contribution in [0.5, 0.6) is 5.75 Å². The van der Waals surface area contributed by atoms with Crippen LogP contribution in [0.3, 0.4) is 0 Å². The van der Waals surface area contributed by atoms with E-state index in [-0.39, 0.29) is 29.9 Å². The number of aromatic amines is 1. The molecule has 0 aliphatic heterocycles. The topological polar surface area (TPSA) is 117 Å². The van der Waals surface area contributed by atoms with Crippen LogP contribution < -0.4 is 5.56 Å². The van der Waals surface area contributed by atoms with E-state index in [1.165, 1.54) is 24.3 Å². The van der Waals surface area contributed by atoms with E-state index in [0.717, 1.165) is 0 Å². The summed E-state index contributed by atoms with van der Waals surface area (Å²) in [5, 5.41) is 20.3. The highest BCUT2D eigenvalue weighted by Gasteiger charge is 2.26. The molecule has 1 unspecified atom stereocenters. The Morgan fingerprint density at radius 3 is 2.43 bits per heavy atom. The molecule has 0 saturated heterocycles. The number of esters is 1. The summed E-state index contributed by atoms with van der Waals surface area (Å²) in [5.74, 6) is -2.62. The summed E-state index contributed by atoms with van der Waals surface area (Å²) in [6.45, 7) is 1.86. The number of carboxylic acids is 1. The summed E-state index contributed by atoms with van der Waals surface area (Å²) in [4.78, 5) is 38.7. The first-order valence-corrected chi connectivity index (χ1v) is 8.75. The number of aromatic hydroxyl groups is 1. The Labute approximate surface area is 160 Å². The molecule has 3 rings (SSSR count). The maximum Gasteiger partial charge on any atom is 0.335 e. The third-order valence-corrected chi connectivity index (χ3v) is 4.51. The van der Waals surface area contributed by atoms with Crippen LogP contribution in [0.2, 0.25) is 0 Å². The fourth-order valence-electron chi connectivity index (χ4n) is 3.20. The number of benzene rings is 2. The van der Waals surface area contributed by atoms with E-state index in [1.807, 2.05) is 0 Å². The Kier molecular flexibility index (Phi) is 5.44. The summed E-state index contributed by atoms with van der Waals surface area (Å²) in [5.41, 5.74) is 0.594. The quantitative estimate of drug-likeness (QED) is 0.565. The molecule has 0 spiro atoms. The molecule has 144 valence electrons. The van der Waals surface area contributed by atoms with E-state index in [1.54, 1.807) is 31.2 Å². The molecule has 2 aromatic carbocycles. The number of carboxylic acid groups (broad SMARTS) is 1. The smallest absolute Gasteiger partial charge is 0.335 e. The van der Waals surface area contributed by atoms with Crippen molar-refractivity contribution in [1.82, 2.24) is 4.98 Å². The number of H-pyrrole nitrogens is 1. The minimum Gasteiger partial charge on any atom is -0.507 e. The number of ether oxygens (including phenoxy) is 1. The Balaban J connectivity index is 2.16. The van der Waals surface area contributed by atoms with E-state index >= 15 is 0 Å². The van der Waals surface area contributed by atoms with Crippen molar-refractivity contribution >= 4 is 22.8 Å². The van der Waals surface area contributed by atoms with Crippen molar-refractivity contribution in [2.75, 3.05) is 6.61 Å². The van der Waals surface area contributed by atoms with Crippen molar-refractivity contribution < 1.29 is 24.5 Å². The van der Waals surface area contributed by atoms with Gasteiger partial charge in [-0.25, -0.2) is 4.79 Å². The Bertz CT molecular complexity index is 1080. The van der Waals surface area contributed by atoms with Crippen LogP contribution in [0.15, 0.2) is 53.3 Å². The molecule has 0 bridgehead atoms. The largest absolute Gasteiger partial charge is 0.507 e. The van der Waals surface area contributed by atoms with Crippen LogP contribution in [0.25, 0.3) is 10.9 Å². The van der Waals surface area contributed by atoms with Gasteiger partial charge in [-0.15, -0.1) is 0 Å². The fourth-order valence-corrected chi connectivity index (χ4v) is 3.20. The van der Waals surface area contributed by atoms with Crippen LogP contribution >= 0.6 is 0 Å². The lowest BCUT2D eigenvalue weighted by atomic mass is 9.87. The second-order valence-corrected chi connectivity index (χ2v) is 6.25. The highest BCUT2D eigenvalue weighted by atomic mass is 16.5. The summed E-state index contributed by atoms with van der Waals surface area (Å²) >= 11 is 0. The van der Waals surface area contributed by atoms with Crippen LogP contribution in [0, 0.1) is 0 Å². The first kappa shape index (κ1) is 19.2. The first-order chi connectivity index (χ1) is 13.4. The summed E-state index contributed by atoms with van der Waals surface area (Å²) < 4.78 is 5.02. The number of para-hydroxylation sites is 1. The van der Waals surface area contributed by atoms with Gasteiger partial charge < -0.3 is 19.9 Å². The number of rotatable bonds is 6. The third-order valence-electron chi connectivity index (χ3n) is 4.51. The zero-order chi connectivity index (χ0) is 20.3. The van der Waals surface area contributed by atoms with Crippen molar-refractivity contribution in [3.05, 3.63) is 75.6 Å². The lowest BCUT2D eigenvalue weighted by Crippen LogP contribution is -2.21. The van der Waals surface area contributed by atoms with E-state index in [2.05, 4.69) is 4.98 Å². The third kappa shape index (κ3) is 3.73. The van der Waals surface area contributed by atoms with E-state index in [4.69, 9.17) is 9.84 Å². The molecule has 1 atom stereocenters. The van der Waals surface area contributed by atoms with Gasteiger partial charge in [-0.3, -0.25) is 9.59 Å². The van der Waals surface area contributed by atoms with Gasteiger partial charge in [-0.2, -0.15) is 0 Å². The minimum absolute atomic E-state index is 0.0369. The number of fused-ring (bicyclic) bond motifs is 1. The average molecular weight is 381 g/mol. The molecule has 7 nitrogen and oxygen atoms in total. The molecule has 0 saturated carbocycles. The number of aromatic carboxylic acids is 1. The van der Waals surface area contributed by atoms with Crippen molar-refractivity contribution in [2.45, 2.75) is 19.3 Å². The molecular formula is C21H19NO6. The number of aromatic nitrogens is 1. The van der Waals surface area contributed by atoms with Crippen molar-refractivity contribution in [2.24, 2.45) is 0 Å². The lowest BCUT2D eigenvalue weighted by Gasteiger charge is -2.19. The molecule has 0 fully saturated rings. The van der Waals surface area contributed by atoms with Gasteiger partial charge in [0.05, 0.1) is 29.7 Å². The zero-order valence-electron chi connectivity index (χ0n) is 15.1. The zero-order valence-corrected chi connectivity index (χ0v) is 15.1. The number of carbonyl (C=O) groups is 2. The van der Waals surface area contributed by atoms with Gasteiger partial charge in [0, 0.05) is 11.3 Å². The highest BCUT2D eigenvalue weighted by Crippen LogP contribution is 2.35. The van der Waals surface area contributed by atoms with Crippen LogP contribution in [0.1, 0.15) is 40.7 Å². The number of nitrogens with one attached hydrogen (secondary N) is 1. The highest BCUT2D eigenvalue weighted by molar-refractivity contribution is 5.88. The van der Waals surface area contributed by atoms with Gasteiger partial charge in [0.15, 0.2) is 0 Å². The monoisotopic (exact) mass is 381 g/mol. The maximum absolute atomic E-state index is 12.7. The molecule has 3 aromatic rings. The molecule has 3 N–H and O–H groups in total. The van der Waals surface area contributed by atoms with Crippen LogP contribution in [0.4, 0.5) is 0 Å². The minimum atomic E-state index is -1.08. The van der Waals surface area contributed by atoms with E-state index < -0.39 is 23.4 Å². The number of carbonyl (C=O) groups excluding carboxylic acids is 1. The van der Waals surface area contributed by atoms with Gasteiger partial charge in [-0.1, -0.05) is 24.3 Å². The summed E-state index contributed by atoms with van der Waals surface area (Å²) in [6.07, 6.45) is -0.171. The summed E-state index contributed by atoms with van der Waals surface area (Å²) in [6, 6.07) is 12.6. The van der Waals surface area contributed by atoms with Gasteiger partial charge in [0.25, 0.3) is 5.56 Å². The Hall–Kier alpha value is -3.61. The number of pyridine rings is 1. The molecule has 0 aliphatic carbocycles. The molecular weight excluding hydrogens is 362 g/mol.